The number of amides is 1. The van der Waals surface area contributed by atoms with Crippen molar-refractivity contribution in [1.82, 2.24) is 15.1 Å². The number of benzene rings is 1. The van der Waals surface area contributed by atoms with E-state index in [1.54, 1.807) is 6.07 Å². The second-order valence-electron chi connectivity index (χ2n) is 5.32. The van der Waals surface area contributed by atoms with E-state index in [1.165, 1.54) is 12.1 Å². The van der Waals surface area contributed by atoms with Crippen LogP contribution in [0, 0.1) is 0 Å². The number of hydrogen-bond donors (Lipinski definition) is 2. The molecule has 2 fully saturated rings. The first-order valence-electron chi connectivity index (χ1n) is 6.88. The Morgan fingerprint density at radius 1 is 1.30 bits per heavy atom. The minimum Gasteiger partial charge on any atom is -0.506 e. The minimum atomic E-state index is -0.0155. The number of phenolic OH excluding ortho intramolecular Hbond substituents is 1. The zero-order valence-corrected chi connectivity index (χ0v) is 11.9. The lowest BCUT2D eigenvalue weighted by molar-refractivity contribution is 0.0227. The number of phenols is 1. The molecule has 1 amide bonds. The summed E-state index contributed by atoms with van der Waals surface area (Å²) in [6.07, 6.45) is 0. The van der Waals surface area contributed by atoms with Gasteiger partial charge in [-0.3, -0.25) is 9.69 Å². The van der Waals surface area contributed by atoms with Gasteiger partial charge in [0.15, 0.2) is 0 Å². The van der Waals surface area contributed by atoms with E-state index >= 15 is 0 Å². The van der Waals surface area contributed by atoms with Crippen LogP contribution in [0.25, 0.3) is 0 Å². The van der Waals surface area contributed by atoms with Gasteiger partial charge in [0, 0.05) is 50.9 Å². The maximum atomic E-state index is 12.3. The number of hydrogen-bond acceptors (Lipinski definition) is 4. The molecular weight excluding hydrogens is 278 g/mol. The fraction of sp³-hybridized carbons (Fsp3) is 0.500. The summed E-state index contributed by atoms with van der Waals surface area (Å²) in [5, 5.41) is 12.9. The molecule has 5 nitrogen and oxygen atoms in total. The average molecular weight is 296 g/mol. The summed E-state index contributed by atoms with van der Waals surface area (Å²) in [7, 11) is 0. The quantitative estimate of drug-likeness (QED) is 0.846. The Morgan fingerprint density at radius 3 is 2.65 bits per heavy atom. The Bertz CT molecular complexity index is 511. The van der Waals surface area contributed by atoms with Gasteiger partial charge in [0.1, 0.15) is 5.75 Å². The van der Waals surface area contributed by atoms with E-state index in [9.17, 15) is 9.90 Å². The van der Waals surface area contributed by atoms with Crippen LogP contribution in [0.1, 0.15) is 10.4 Å². The smallest absolute Gasteiger partial charge is 0.254 e. The highest BCUT2D eigenvalue weighted by Crippen LogP contribution is 2.25. The molecule has 0 aliphatic carbocycles. The van der Waals surface area contributed by atoms with Crippen LogP contribution in [0.5, 0.6) is 5.75 Å². The highest BCUT2D eigenvalue weighted by molar-refractivity contribution is 6.32. The number of carbonyl (C=O) groups is 1. The molecule has 0 unspecified atom stereocenters. The van der Waals surface area contributed by atoms with E-state index in [1.807, 2.05) is 4.90 Å². The van der Waals surface area contributed by atoms with Crippen molar-refractivity contribution in [3.8, 4) is 5.75 Å². The molecule has 20 heavy (non-hydrogen) atoms. The Labute approximate surface area is 123 Å². The van der Waals surface area contributed by atoms with Gasteiger partial charge in [-0.25, -0.2) is 0 Å². The van der Waals surface area contributed by atoms with E-state index in [0.717, 1.165) is 39.3 Å². The zero-order valence-electron chi connectivity index (χ0n) is 11.2. The molecule has 0 spiro atoms. The molecule has 2 heterocycles. The van der Waals surface area contributed by atoms with Crippen molar-refractivity contribution < 1.29 is 9.90 Å². The fourth-order valence-corrected chi connectivity index (χ4v) is 2.90. The molecule has 2 saturated heterocycles. The molecule has 0 radical (unpaired) electrons. The predicted octanol–water partition coefficient (Wildman–Crippen LogP) is 0.775. The van der Waals surface area contributed by atoms with Crippen LogP contribution < -0.4 is 5.32 Å². The highest BCUT2D eigenvalue weighted by Gasteiger charge is 2.35. The molecule has 108 valence electrons. The summed E-state index contributed by atoms with van der Waals surface area (Å²) < 4.78 is 0. The van der Waals surface area contributed by atoms with E-state index in [-0.39, 0.29) is 16.7 Å². The van der Waals surface area contributed by atoms with Gasteiger partial charge in [-0.15, -0.1) is 0 Å². The first-order chi connectivity index (χ1) is 9.65. The van der Waals surface area contributed by atoms with Crippen molar-refractivity contribution >= 4 is 17.5 Å². The maximum absolute atomic E-state index is 12.3. The standard InChI is InChI=1S/C14H18ClN3O2/c15-12-7-10(1-2-13(12)19)14(20)18-8-11(9-18)17-5-3-16-4-6-17/h1-2,7,11,16,19H,3-6,8-9H2. The molecule has 2 N–H and O–H groups in total. The molecule has 0 saturated carbocycles. The van der Waals surface area contributed by atoms with Crippen molar-refractivity contribution in [3.05, 3.63) is 28.8 Å². The van der Waals surface area contributed by atoms with Crippen LogP contribution >= 0.6 is 11.6 Å². The number of carbonyl (C=O) groups excluding carboxylic acids is 1. The van der Waals surface area contributed by atoms with E-state index in [4.69, 9.17) is 11.6 Å². The summed E-state index contributed by atoms with van der Waals surface area (Å²) in [5.74, 6) is -0.0104. The van der Waals surface area contributed by atoms with E-state index < -0.39 is 0 Å². The number of rotatable bonds is 2. The maximum Gasteiger partial charge on any atom is 0.254 e. The first-order valence-corrected chi connectivity index (χ1v) is 7.25. The second kappa shape index (κ2) is 5.60. The van der Waals surface area contributed by atoms with Gasteiger partial charge in [0.05, 0.1) is 5.02 Å². The highest BCUT2D eigenvalue weighted by atomic mass is 35.5. The normalized spacial score (nSPS) is 20.8. The Hall–Kier alpha value is -1.30. The molecule has 6 heteroatoms. The third-order valence-corrected chi connectivity index (χ3v) is 4.31. The molecule has 2 aliphatic rings. The van der Waals surface area contributed by atoms with Crippen LogP contribution in [0.3, 0.4) is 0 Å². The first kappa shape index (κ1) is 13.7. The Morgan fingerprint density at radius 2 is 2.00 bits per heavy atom. The Balaban J connectivity index is 1.58. The monoisotopic (exact) mass is 295 g/mol. The summed E-state index contributed by atoms with van der Waals surface area (Å²) in [6.45, 7) is 5.71. The zero-order chi connectivity index (χ0) is 14.1. The molecule has 3 rings (SSSR count). The van der Waals surface area contributed by atoms with Crippen molar-refractivity contribution in [1.29, 1.82) is 0 Å². The number of likely N-dealkylation sites (tertiary alicyclic amines) is 1. The number of aromatic hydroxyl groups is 1. The average Bonchev–Trinajstić information content (AvgIpc) is 2.41. The van der Waals surface area contributed by atoms with Crippen LogP contribution in [-0.2, 0) is 0 Å². The van der Waals surface area contributed by atoms with Gasteiger partial charge in [-0.1, -0.05) is 11.6 Å². The minimum absolute atomic E-state index is 0.00511. The molecule has 1 aromatic carbocycles. The largest absolute Gasteiger partial charge is 0.506 e. The second-order valence-corrected chi connectivity index (χ2v) is 5.72. The van der Waals surface area contributed by atoms with Gasteiger partial charge in [0.25, 0.3) is 5.91 Å². The van der Waals surface area contributed by atoms with Gasteiger partial charge in [0.2, 0.25) is 0 Å². The van der Waals surface area contributed by atoms with Crippen LogP contribution in [0.4, 0.5) is 0 Å². The van der Waals surface area contributed by atoms with Crippen molar-refractivity contribution in [2.45, 2.75) is 6.04 Å². The molecule has 0 aromatic heterocycles. The summed E-state index contributed by atoms with van der Waals surface area (Å²) in [4.78, 5) is 16.5. The predicted molar refractivity (Wildman–Crippen MR) is 77.3 cm³/mol. The SMILES string of the molecule is O=C(c1ccc(O)c(Cl)c1)N1CC(N2CCNCC2)C1. The molecule has 0 atom stereocenters. The third-order valence-electron chi connectivity index (χ3n) is 4.01. The number of nitrogens with zero attached hydrogens (tertiary/aromatic N) is 2. The van der Waals surface area contributed by atoms with Gasteiger partial charge in [-0.2, -0.15) is 0 Å². The van der Waals surface area contributed by atoms with Gasteiger partial charge < -0.3 is 15.3 Å². The van der Waals surface area contributed by atoms with Gasteiger partial charge >= 0.3 is 0 Å². The number of nitrogens with one attached hydrogen (secondary N) is 1. The number of halogens is 1. The summed E-state index contributed by atoms with van der Waals surface area (Å²) in [5.41, 5.74) is 0.534. The Kier molecular flexibility index (Phi) is 3.83. The van der Waals surface area contributed by atoms with Crippen LogP contribution in [0.15, 0.2) is 18.2 Å². The molecule has 1 aromatic rings. The fourth-order valence-electron chi connectivity index (χ4n) is 2.72. The van der Waals surface area contributed by atoms with E-state index in [0.29, 0.717) is 11.6 Å². The van der Waals surface area contributed by atoms with E-state index in [2.05, 4.69) is 10.2 Å². The van der Waals surface area contributed by atoms with Crippen molar-refractivity contribution in [3.63, 3.8) is 0 Å². The lowest BCUT2D eigenvalue weighted by Gasteiger charge is -2.46. The third kappa shape index (κ3) is 2.61. The van der Waals surface area contributed by atoms with Gasteiger partial charge in [-0.05, 0) is 18.2 Å². The summed E-state index contributed by atoms with van der Waals surface area (Å²) in [6, 6.07) is 5.08. The van der Waals surface area contributed by atoms with Crippen molar-refractivity contribution in [2.24, 2.45) is 0 Å². The molecular formula is C14H18ClN3O2. The summed E-state index contributed by atoms with van der Waals surface area (Å²) >= 11 is 5.84. The van der Waals surface area contributed by atoms with Crippen LogP contribution in [-0.4, -0.2) is 66.1 Å². The number of piperazine rings is 1. The molecule has 2 aliphatic heterocycles. The lowest BCUT2D eigenvalue weighted by atomic mass is 10.0. The van der Waals surface area contributed by atoms with Crippen LogP contribution in [0.2, 0.25) is 5.02 Å². The molecule has 0 bridgehead atoms. The van der Waals surface area contributed by atoms with Crippen molar-refractivity contribution in [2.75, 3.05) is 39.3 Å². The lowest BCUT2D eigenvalue weighted by Crippen LogP contribution is -2.63. The topological polar surface area (TPSA) is 55.8 Å².